The molecular weight excluding hydrogens is 314 g/mol. The highest BCUT2D eigenvalue weighted by Gasteiger charge is 2.11. The molecule has 23 heavy (non-hydrogen) atoms. The first-order chi connectivity index (χ1) is 11.0. The van der Waals surface area contributed by atoms with Crippen LogP contribution in [0, 0.1) is 13.8 Å². The molecule has 2 heterocycles. The van der Waals surface area contributed by atoms with Crippen LogP contribution in [0.5, 0.6) is 11.5 Å². The first kappa shape index (κ1) is 15.2. The summed E-state index contributed by atoms with van der Waals surface area (Å²) in [4.78, 5) is 18.6. The number of hydrogen-bond acceptors (Lipinski definition) is 6. The molecule has 118 valence electrons. The minimum absolute atomic E-state index is 0.0154. The van der Waals surface area contributed by atoms with Crippen molar-refractivity contribution in [1.82, 2.24) is 9.66 Å². The number of ether oxygens (including phenoxy) is 1. The lowest BCUT2D eigenvalue weighted by Crippen LogP contribution is -2.16. The first-order valence-electron chi connectivity index (χ1n) is 6.90. The lowest BCUT2D eigenvalue weighted by atomic mass is 10.2. The number of phenolic OH excluding ortho intramolecular Hbond substituents is 1. The smallest absolute Gasteiger partial charge is 0.282 e. The Hall–Kier alpha value is -2.67. The minimum atomic E-state index is -0.203. The van der Waals surface area contributed by atoms with Crippen LogP contribution >= 0.6 is 11.3 Å². The van der Waals surface area contributed by atoms with Gasteiger partial charge in [-0.2, -0.15) is 9.78 Å². The fourth-order valence-corrected chi connectivity index (χ4v) is 3.21. The van der Waals surface area contributed by atoms with Gasteiger partial charge < -0.3 is 9.84 Å². The zero-order valence-corrected chi connectivity index (χ0v) is 13.7. The van der Waals surface area contributed by atoms with E-state index in [1.54, 1.807) is 12.1 Å². The first-order valence-corrected chi connectivity index (χ1v) is 7.71. The van der Waals surface area contributed by atoms with Gasteiger partial charge in [-0.3, -0.25) is 4.79 Å². The Morgan fingerprint density at radius 2 is 2.17 bits per heavy atom. The van der Waals surface area contributed by atoms with Crippen molar-refractivity contribution in [3.05, 3.63) is 50.9 Å². The Morgan fingerprint density at radius 3 is 2.87 bits per heavy atom. The molecule has 0 aliphatic heterocycles. The van der Waals surface area contributed by atoms with Crippen LogP contribution in [0.4, 0.5) is 0 Å². The van der Waals surface area contributed by atoms with E-state index < -0.39 is 0 Å². The molecular formula is C16H15N3O3S. The fraction of sp³-hybridized carbons (Fsp3) is 0.188. The molecule has 0 saturated heterocycles. The third-order valence-corrected chi connectivity index (χ3v) is 4.72. The molecule has 0 amide bonds. The molecule has 3 aromatic rings. The number of thiophene rings is 1. The molecule has 2 aromatic heterocycles. The van der Waals surface area contributed by atoms with Gasteiger partial charge in [0.25, 0.3) is 5.56 Å². The van der Waals surface area contributed by atoms with E-state index in [4.69, 9.17) is 4.74 Å². The Labute approximate surface area is 136 Å². The van der Waals surface area contributed by atoms with Crippen LogP contribution in [-0.4, -0.2) is 28.1 Å². The molecule has 0 saturated carbocycles. The molecule has 0 spiro atoms. The molecule has 0 atom stereocenters. The standard InChI is InChI=1S/C16H15N3O3S/c1-9-10(2)23-15-14(9)16(21)19(8-17-15)18-7-11-4-5-13(22-3)12(20)6-11/h4-8,20H,1-3H3. The maximum absolute atomic E-state index is 12.5. The van der Waals surface area contributed by atoms with Crippen LogP contribution in [-0.2, 0) is 0 Å². The summed E-state index contributed by atoms with van der Waals surface area (Å²) >= 11 is 1.50. The maximum Gasteiger partial charge on any atom is 0.282 e. The highest BCUT2D eigenvalue weighted by molar-refractivity contribution is 7.18. The van der Waals surface area contributed by atoms with E-state index in [0.29, 0.717) is 16.7 Å². The molecule has 6 nitrogen and oxygen atoms in total. The summed E-state index contributed by atoms with van der Waals surface area (Å²) in [5.74, 6) is 0.397. The average molecular weight is 329 g/mol. The van der Waals surface area contributed by atoms with Crippen molar-refractivity contribution in [2.45, 2.75) is 13.8 Å². The van der Waals surface area contributed by atoms with Crippen LogP contribution in [0.25, 0.3) is 10.2 Å². The Kier molecular flexibility index (Phi) is 3.87. The van der Waals surface area contributed by atoms with Gasteiger partial charge in [0.05, 0.1) is 18.7 Å². The summed E-state index contributed by atoms with van der Waals surface area (Å²) < 4.78 is 6.18. The van der Waals surface area contributed by atoms with Crippen molar-refractivity contribution in [3.8, 4) is 11.5 Å². The molecule has 1 aromatic carbocycles. The number of aromatic hydroxyl groups is 1. The summed E-state index contributed by atoms with van der Waals surface area (Å²) in [6, 6.07) is 4.88. The average Bonchev–Trinajstić information content (AvgIpc) is 2.82. The normalized spacial score (nSPS) is 11.4. The number of benzene rings is 1. The van der Waals surface area contributed by atoms with E-state index in [9.17, 15) is 9.90 Å². The van der Waals surface area contributed by atoms with Crippen molar-refractivity contribution in [2.75, 3.05) is 7.11 Å². The van der Waals surface area contributed by atoms with Crippen LogP contribution in [0.2, 0.25) is 0 Å². The van der Waals surface area contributed by atoms with Gasteiger partial charge in [0.15, 0.2) is 11.5 Å². The van der Waals surface area contributed by atoms with Crippen molar-refractivity contribution < 1.29 is 9.84 Å². The van der Waals surface area contributed by atoms with E-state index >= 15 is 0 Å². The second-order valence-electron chi connectivity index (χ2n) is 5.03. The maximum atomic E-state index is 12.5. The van der Waals surface area contributed by atoms with Gasteiger partial charge in [0.1, 0.15) is 11.2 Å². The highest BCUT2D eigenvalue weighted by Crippen LogP contribution is 2.26. The second-order valence-corrected chi connectivity index (χ2v) is 6.24. The number of fused-ring (bicyclic) bond motifs is 1. The quantitative estimate of drug-likeness (QED) is 0.750. The van der Waals surface area contributed by atoms with Crippen LogP contribution in [0.1, 0.15) is 16.0 Å². The summed E-state index contributed by atoms with van der Waals surface area (Å²) in [7, 11) is 1.48. The molecule has 0 aliphatic carbocycles. The number of methoxy groups -OCH3 is 1. The molecule has 0 aliphatic rings. The molecule has 7 heteroatoms. The Balaban J connectivity index is 2.01. The van der Waals surface area contributed by atoms with E-state index in [-0.39, 0.29) is 11.3 Å². The molecule has 1 N–H and O–H groups in total. The topological polar surface area (TPSA) is 76.7 Å². The van der Waals surface area contributed by atoms with Gasteiger partial charge in [-0.1, -0.05) is 0 Å². The van der Waals surface area contributed by atoms with Gasteiger partial charge in [0.2, 0.25) is 0 Å². The van der Waals surface area contributed by atoms with Gasteiger partial charge in [0, 0.05) is 4.88 Å². The third-order valence-electron chi connectivity index (χ3n) is 3.61. The second kappa shape index (κ2) is 5.85. The molecule has 3 rings (SSSR count). The summed E-state index contributed by atoms with van der Waals surface area (Å²) in [5, 5.41) is 14.5. The van der Waals surface area contributed by atoms with Gasteiger partial charge in [-0.25, -0.2) is 4.98 Å². The van der Waals surface area contributed by atoms with Crippen molar-refractivity contribution >= 4 is 27.8 Å². The molecule has 0 unspecified atom stereocenters. The summed E-state index contributed by atoms with van der Waals surface area (Å²) in [6.07, 6.45) is 2.89. The Bertz CT molecular complexity index is 973. The van der Waals surface area contributed by atoms with E-state index in [1.165, 1.54) is 41.7 Å². The number of aryl methyl sites for hydroxylation is 2. The van der Waals surface area contributed by atoms with E-state index in [2.05, 4.69) is 10.1 Å². The molecule has 0 fully saturated rings. The van der Waals surface area contributed by atoms with Crippen molar-refractivity contribution in [2.24, 2.45) is 5.10 Å². The summed E-state index contributed by atoms with van der Waals surface area (Å²) in [5.41, 5.74) is 1.38. The summed E-state index contributed by atoms with van der Waals surface area (Å²) in [6.45, 7) is 3.88. The number of phenols is 1. The predicted octanol–water partition coefficient (Wildman–Crippen LogP) is 2.67. The van der Waals surface area contributed by atoms with E-state index in [1.807, 2.05) is 13.8 Å². The number of nitrogens with zero attached hydrogens (tertiary/aromatic N) is 3. The van der Waals surface area contributed by atoms with Crippen molar-refractivity contribution in [1.29, 1.82) is 0 Å². The minimum Gasteiger partial charge on any atom is -0.504 e. The zero-order valence-electron chi connectivity index (χ0n) is 12.9. The van der Waals surface area contributed by atoms with Crippen LogP contribution in [0.15, 0.2) is 34.4 Å². The zero-order chi connectivity index (χ0) is 16.6. The SMILES string of the molecule is COc1ccc(C=Nn2cnc3sc(C)c(C)c3c2=O)cc1O. The highest BCUT2D eigenvalue weighted by atomic mass is 32.1. The Morgan fingerprint density at radius 1 is 1.39 bits per heavy atom. The molecule has 0 radical (unpaired) electrons. The van der Waals surface area contributed by atoms with Crippen LogP contribution < -0.4 is 10.3 Å². The monoisotopic (exact) mass is 329 g/mol. The number of rotatable bonds is 3. The van der Waals surface area contributed by atoms with Crippen LogP contribution in [0.3, 0.4) is 0 Å². The molecule has 0 bridgehead atoms. The van der Waals surface area contributed by atoms with Gasteiger partial charge in [-0.15, -0.1) is 11.3 Å². The lowest BCUT2D eigenvalue weighted by molar-refractivity contribution is 0.373. The van der Waals surface area contributed by atoms with Crippen molar-refractivity contribution in [3.63, 3.8) is 0 Å². The van der Waals surface area contributed by atoms with Gasteiger partial charge in [-0.05, 0) is 43.2 Å². The third kappa shape index (κ3) is 2.70. The largest absolute Gasteiger partial charge is 0.504 e. The number of hydrogen-bond donors (Lipinski definition) is 1. The lowest BCUT2D eigenvalue weighted by Gasteiger charge is -2.03. The van der Waals surface area contributed by atoms with Gasteiger partial charge >= 0.3 is 0 Å². The fourth-order valence-electron chi connectivity index (χ4n) is 2.22. The predicted molar refractivity (Wildman–Crippen MR) is 91.0 cm³/mol. The number of aromatic nitrogens is 2. The van der Waals surface area contributed by atoms with E-state index in [0.717, 1.165) is 15.3 Å².